The third-order valence-corrected chi connectivity index (χ3v) is 3.38. The predicted octanol–water partition coefficient (Wildman–Crippen LogP) is 3.16. The predicted molar refractivity (Wildman–Crippen MR) is 87.6 cm³/mol. The van der Waals surface area contributed by atoms with E-state index >= 15 is 0 Å². The van der Waals surface area contributed by atoms with Crippen LogP contribution in [-0.4, -0.2) is 49.3 Å². The van der Waals surface area contributed by atoms with Crippen LogP contribution in [0.3, 0.4) is 0 Å². The Morgan fingerprint density at radius 2 is 1.96 bits per heavy atom. The number of aliphatic carboxylic acids is 1. The fourth-order valence-corrected chi connectivity index (χ4v) is 2.06. The average Bonchev–Trinajstić information content (AvgIpc) is 3.18. The molecule has 0 fully saturated rings. The lowest BCUT2D eigenvalue weighted by Gasteiger charge is -2.11. The van der Waals surface area contributed by atoms with Crippen molar-refractivity contribution in [3.63, 3.8) is 0 Å². The molecule has 0 aliphatic heterocycles. The monoisotopic (exact) mass is 419 g/mol. The number of benzene rings is 1. The van der Waals surface area contributed by atoms with Crippen LogP contribution < -0.4 is 4.74 Å². The summed E-state index contributed by atoms with van der Waals surface area (Å²) in [5.41, 5.74) is 1.01. The van der Waals surface area contributed by atoms with E-state index < -0.39 is 18.0 Å². The van der Waals surface area contributed by atoms with Crippen molar-refractivity contribution in [1.29, 1.82) is 0 Å². The van der Waals surface area contributed by atoms with Gasteiger partial charge in [-0.15, -0.1) is 5.10 Å². The number of rotatable bonds is 3. The molecule has 148 valence electrons. The van der Waals surface area contributed by atoms with Crippen molar-refractivity contribution in [2.45, 2.75) is 6.18 Å². The van der Waals surface area contributed by atoms with Crippen LogP contribution in [0.15, 0.2) is 36.9 Å². The first-order valence-corrected chi connectivity index (χ1v) is 7.54. The summed E-state index contributed by atoms with van der Waals surface area (Å²) >= 11 is 5.88. The van der Waals surface area contributed by atoms with Crippen molar-refractivity contribution in [3.05, 3.63) is 47.8 Å². The summed E-state index contributed by atoms with van der Waals surface area (Å²) in [5.74, 6) is -3.03. The molecule has 3 aromatic rings. The largest absolute Gasteiger partial charge is 0.490 e. The minimum atomic E-state index is -5.08. The zero-order valence-electron chi connectivity index (χ0n) is 13.9. The van der Waals surface area contributed by atoms with Gasteiger partial charge in [0.2, 0.25) is 5.88 Å². The molecule has 0 radical (unpaired) electrons. The maximum absolute atomic E-state index is 14.5. The lowest BCUT2D eigenvalue weighted by atomic mass is 10.1. The SMILES string of the molecule is COc1cc(-c2c(-n3ccnn3)ccc(Cl)c2F)ncn1.O=C(O)C(F)(F)F. The number of carbonyl (C=O) groups is 1. The summed E-state index contributed by atoms with van der Waals surface area (Å²) in [7, 11) is 1.47. The third-order valence-electron chi connectivity index (χ3n) is 3.09. The number of hydrogen-bond donors (Lipinski definition) is 1. The lowest BCUT2D eigenvalue weighted by molar-refractivity contribution is -0.192. The molecule has 0 atom stereocenters. The maximum Gasteiger partial charge on any atom is 0.490 e. The molecule has 0 unspecified atom stereocenters. The Hall–Kier alpha value is -3.28. The number of carboxylic acid groups (broad SMARTS) is 1. The summed E-state index contributed by atoms with van der Waals surface area (Å²) in [6.45, 7) is 0. The summed E-state index contributed by atoms with van der Waals surface area (Å²) < 4.78 is 52.7. The van der Waals surface area contributed by atoms with E-state index in [1.54, 1.807) is 12.3 Å². The van der Waals surface area contributed by atoms with E-state index in [9.17, 15) is 17.6 Å². The molecular formula is C15H10ClF4N5O3. The summed E-state index contributed by atoms with van der Waals surface area (Å²) in [4.78, 5) is 16.9. The summed E-state index contributed by atoms with van der Waals surface area (Å²) in [6, 6.07) is 4.62. The minimum Gasteiger partial charge on any atom is -0.481 e. The Balaban J connectivity index is 0.000000345. The van der Waals surface area contributed by atoms with E-state index in [4.69, 9.17) is 26.2 Å². The van der Waals surface area contributed by atoms with Crippen molar-refractivity contribution in [2.24, 2.45) is 0 Å². The van der Waals surface area contributed by atoms with Crippen LogP contribution >= 0.6 is 11.6 Å². The van der Waals surface area contributed by atoms with E-state index in [1.165, 1.54) is 36.4 Å². The van der Waals surface area contributed by atoms with Crippen LogP contribution in [0.4, 0.5) is 17.6 Å². The summed E-state index contributed by atoms with van der Waals surface area (Å²) in [5, 5.41) is 14.7. The Bertz CT molecular complexity index is 967. The Morgan fingerprint density at radius 1 is 1.29 bits per heavy atom. The molecule has 0 amide bonds. The number of halogens is 5. The minimum absolute atomic E-state index is 0.00792. The van der Waals surface area contributed by atoms with E-state index in [1.807, 2.05) is 0 Å². The van der Waals surface area contributed by atoms with Gasteiger partial charge in [0.25, 0.3) is 0 Å². The van der Waals surface area contributed by atoms with E-state index in [0.717, 1.165) is 0 Å². The van der Waals surface area contributed by atoms with Gasteiger partial charge < -0.3 is 9.84 Å². The Kier molecular flexibility index (Phi) is 6.46. The highest BCUT2D eigenvalue weighted by molar-refractivity contribution is 6.31. The number of methoxy groups -OCH3 is 1. The highest BCUT2D eigenvalue weighted by Crippen LogP contribution is 2.32. The molecule has 2 aromatic heterocycles. The average molecular weight is 420 g/mol. The van der Waals surface area contributed by atoms with E-state index in [0.29, 0.717) is 17.3 Å². The van der Waals surface area contributed by atoms with Crippen molar-refractivity contribution >= 4 is 17.6 Å². The smallest absolute Gasteiger partial charge is 0.481 e. The first kappa shape index (κ1) is 21.0. The van der Waals surface area contributed by atoms with Crippen LogP contribution in [0.1, 0.15) is 0 Å². The second-order valence-corrected chi connectivity index (χ2v) is 5.26. The van der Waals surface area contributed by atoms with Crippen LogP contribution in [0.25, 0.3) is 16.9 Å². The van der Waals surface area contributed by atoms with Gasteiger partial charge in [0.05, 0.1) is 41.5 Å². The van der Waals surface area contributed by atoms with Gasteiger partial charge in [-0.1, -0.05) is 16.8 Å². The van der Waals surface area contributed by atoms with Gasteiger partial charge in [0, 0.05) is 6.07 Å². The molecule has 13 heteroatoms. The normalized spacial score (nSPS) is 10.8. The van der Waals surface area contributed by atoms with Gasteiger partial charge in [-0.05, 0) is 12.1 Å². The van der Waals surface area contributed by atoms with Crippen LogP contribution in [0.2, 0.25) is 5.02 Å². The number of ether oxygens (including phenoxy) is 1. The molecule has 0 spiro atoms. The van der Waals surface area contributed by atoms with Crippen LogP contribution in [0.5, 0.6) is 5.88 Å². The Labute approximate surface area is 159 Å². The van der Waals surface area contributed by atoms with Gasteiger partial charge in [-0.3, -0.25) is 0 Å². The summed E-state index contributed by atoms with van der Waals surface area (Å²) in [6.07, 6.45) is -0.693. The molecule has 0 aliphatic carbocycles. The lowest BCUT2D eigenvalue weighted by Crippen LogP contribution is -2.21. The van der Waals surface area contributed by atoms with Gasteiger partial charge in [0.15, 0.2) is 5.82 Å². The highest BCUT2D eigenvalue weighted by atomic mass is 35.5. The number of hydrogen-bond acceptors (Lipinski definition) is 6. The van der Waals surface area contributed by atoms with Gasteiger partial charge in [0.1, 0.15) is 6.33 Å². The second kappa shape index (κ2) is 8.61. The van der Waals surface area contributed by atoms with Crippen molar-refractivity contribution in [2.75, 3.05) is 7.11 Å². The van der Waals surface area contributed by atoms with Crippen LogP contribution in [-0.2, 0) is 4.79 Å². The molecule has 3 rings (SSSR count). The van der Waals surface area contributed by atoms with Gasteiger partial charge >= 0.3 is 12.1 Å². The number of aromatic nitrogens is 5. The van der Waals surface area contributed by atoms with E-state index in [2.05, 4.69) is 20.3 Å². The van der Waals surface area contributed by atoms with Crippen LogP contribution in [0, 0.1) is 5.82 Å². The third kappa shape index (κ3) is 4.91. The maximum atomic E-state index is 14.5. The molecular weight excluding hydrogens is 410 g/mol. The molecule has 0 saturated heterocycles. The van der Waals surface area contributed by atoms with Gasteiger partial charge in [-0.2, -0.15) is 13.2 Å². The molecule has 0 saturated carbocycles. The first-order chi connectivity index (χ1) is 13.1. The molecule has 1 N–H and O–H groups in total. The number of alkyl halides is 3. The molecule has 28 heavy (non-hydrogen) atoms. The second-order valence-electron chi connectivity index (χ2n) is 4.85. The van der Waals surface area contributed by atoms with Crippen molar-refractivity contribution < 1.29 is 32.2 Å². The van der Waals surface area contributed by atoms with Crippen molar-refractivity contribution in [1.82, 2.24) is 25.0 Å². The van der Waals surface area contributed by atoms with Gasteiger partial charge in [-0.25, -0.2) is 23.8 Å². The fourth-order valence-electron chi connectivity index (χ4n) is 1.90. The topological polar surface area (TPSA) is 103 Å². The molecule has 2 heterocycles. The molecule has 8 nitrogen and oxygen atoms in total. The van der Waals surface area contributed by atoms with E-state index in [-0.39, 0.29) is 10.6 Å². The fraction of sp³-hybridized carbons (Fsp3) is 0.133. The molecule has 0 bridgehead atoms. The highest BCUT2D eigenvalue weighted by Gasteiger charge is 2.38. The quantitative estimate of drug-likeness (QED) is 0.650. The zero-order chi connectivity index (χ0) is 20.9. The number of nitrogens with zero attached hydrogens (tertiary/aromatic N) is 5. The first-order valence-electron chi connectivity index (χ1n) is 7.16. The Morgan fingerprint density at radius 3 is 2.50 bits per heavy atom. The standard InChI is InChI=1S/C13H9ClFN5O.C2HF3O2/c1-21-11-6-9(16-7-17-11)12-10(20-5-4-18-19-20)3-2-8(14)13(12)15;3-2(4,5)1(6)7/h2-7H,1H3;(H,6,7). The number of carboxylic acids is 1. The molecule has 0 aliphatic rings. The molecule has 1 aromatic carbocycles. The van der Waals surface area contributed by atoms with Crippen molar-refractivity contribution in [3.8, 4) is 22.8 Å². The zero-order valence-corrected chi connectivity index (χ0v) is 14.6.